The normalized spacial score (nSPS) is 20.9. The van der Waals surface area contributed by atoms with Crippen LogP contribution >= 0.6 is 23.2 Å². The van der Waals surface area contributed by atoms with Gasteiger partial charge in [-0.2, -0.15) is 0 Å². The highest BCUT2D eigenvalue weighted by molar-refractivity contribution is 6.76. The molecular formula is C38H46Cl2FNO6Si. The maximum Gasteiger partial charge on any atom is 0.311 e. The first-order valence-electron chi connectivity index (χ1n) is 16.9. The van der Waals surface area contributed by atoms with E-state index in [1.807, 2.05) is 6.92 Å². The molecule has 0 aliphatic carbocycles. The Bertz CT molecular complexity index is 1660. The van der Waals surface area contributed by atoms with Crippen molar-refractivity contribution >= 4 is 43.2 Å². The van der Waals surface area contributed by atoms with Crippen molar-refractivity contribution < 1.29 is 33.3 Å². The molecule has 2 aliphatic rings. The summed E-state index contributed by atoms with van der Waals surface area (Å²) in [5.74, 6) is -2.85. The Morgan fingerprint density at radius 3 is 2.22 bits per heavy atom. The predicted octanol–water partition coefficient (Wildman–Crippen LogP) is 8.72. The highest BCUT2D eigenvalue weighted by atomic mass is 35.5. The molecule has 1 amide bonds. The van der Waals surface area contributed by atoms with Crippen LogP contribution in [0.25, 0.3) is 0 Å². The van der Waals surface area contributed by atoms with Crippen LogP contribution in [0.1, 0.15) is 71.8 Å². The largest absolute Gasteiger partial charge is 0.466 e. The van der Waals surface area contributed by atoms with E-state index in [1.54, 1.807) is 61.5 Å². The zero-order chi connectivity index (χ0) is 35.7. The number of halogens is 3. The van der Waals surface area contributed by atoms with Gasteiger partial charge in [0.1, 0.15) is 5.82 Å². The topological polar surface area (TPSA) is 85.3 Å². The van der Waals surface area contributed by atoms with Crippen molar-refractivity contribution in [3.05, 3.63) is 104 Å². The standard InChI is InChI=1S/C38H46Cl2FNO6Si/c1-7-37(45,26-16-18-47-19-17-26)28-22-31-33(32(41)23-28)38(46-3,27-10-14-30(40)15-11-27)42(35(31)43)34(25-8-12-29(39)13-9-25)24(2)36(44)48-20-21-49(4,5)6/h8-15,22-24,26,34,45H,7,16-21H2,1-6H3/t24-,34-,37?,38+/m0/s1. The third kappa shape index (κ3) is 7.21. The molecule has 3 aromatic rings. The number of carbonyl (C=O) groups excluding carboxylic acids is 2. The molecule has 0 bridgehead atoms. The maximum absolute atomic E-state index is 17.0. The van der Waals surface area contributed by atoms with Gasteiger partial charge in [-0.25, -0.2) is 4.39 Å². The van der Waals surface area contributed by atoms with Gasteiger partial charge in [0.05, 0.1) is 35.3 Å². The molecule has 0 spiro atoms. The lowest BCUT2D eigenvalue weighted by atomic mass is 9.74. The number of ether oxygens (including phenoxy) is 3. The summed E-state index contributed by atoms with van der Waals surface area (Å²) in [5, 5.41) is 13.0. The van der Waals surface area contributed by atoms with E-state index in [2.05, 4.69) is 19.6 Å². The van der Waals surface area contributed by atoms with Gasteiger partial charge in [-0.3, -0.25) is 14.5 Å². The van der Waals surface area contributed by atoms with E-state index >= 15 is 9.18 Å². The number of amides is 1. The van der Waals surface area contributed by atoms with Gasteiger partial charge in [0.2, 0.25) is 0 Å². The number of esters is 1. The molecule has 1 N–H and O–H groups in total. The molecule has 1 saturated heterocycles. The molecule has 1 fully saturated rings. The first kappa shape index (κ1) is 37.5. The van der Waals surface area contributed by atoms with Crippen LogP contribution in [0.5, 0.6) is 0 Å². The van der Waals surface area contributed by atoms with Gasteiger partial charge in [-0.05, 0) is 85.7 Å². The van der Waals surface area contributed by atoms with E-state index in [0.29, 0.717) is 59.2 Å². The number of rotatable bonds is 12. The number of nitrogens with zero attached hydrogens (tertiary/aromatic N) is 1. The third-order valence-corrected chi connectivity index (χ3v) is 12.3. The number of carbonyl (C=O) groups is 2. The predicted molar refractivity (Wildman–Crippen MR) is 192 cm³/mol. The maximum atomic E-state index is 17.0. The molecule has 1 unspecified atom stereocenters. The second kappa shape index (κ2) is 14.8. The number of aliphatic hydroxyl groups is 1. The Morgan fingerprint density at radius 2 is 1.67 bits per heavy atom. The highest BCUT2D eigenvalue weighted by Crippen LogP contribution is 2.53. The molecule has 0 radical (unpaired) electrons. The Morgan fingerprint density at radius 1 is 1.08 bits per heavy atom. The van der Waals surface area contributed by atoms with Crippen molar-refractivity contribution in [3.63, 3.8) is 0 Å². The van der Waals surface area contributed by atoms with Crippen LogP contribution < -0.4 is 0 Å². The monoisotopic (exact) mass is 729 g/mol. The van der Waals surface area contributed by atoms with Gasteiger partial charge < -0.3 is 19.3 Å². The highest BCUT2D eigenvalue weighted by Gasteiger charge is 2.58. The van der Waals surface area contributed by atoms with Gasteiger partial charge in [-0.1, -0.05) is 74.0 Å². The number of methoxy groups -OCH3 is 1. The molecule has 49 heavy (non-hydrogen) atoms. The molecule has 7 nitrogen and oxygen atoms in total. The molecule has 4 atom stereocenters. The molecule has 264 valence electrons. The number of fused-ring (bicyclic) bond motifs is 1. The van der Waals surface area contributed by atoms with Crippen LogP contribution in [0.2, 0.25) is 35.7 Å². The van der Waals surface area contributed by atoms with Crippen molar-refractivity contribution in [2.45, 2.75) is 76.2 Å². The quantitative estimate of drug-likeness (QED) is 0.148. The Balaban J connectivity index is 1.73. The van der Waals surface area contributed by atoms with Gasteiger partial charge in [0.15, 0.2) is 5.72 Å². The second-order valence-corrected chi connectivity index (χ2v) is 20.8. The van der Waals surface area contributed by atoms with E-state index in [1.165, 1.54) is 18.1 Å². The van der Waals surface area contributed by atoms with E-state index in [4.69, 9.17) is 37.4 Å². The number of hydrogen-bond donors (Lipinski definition) is 1. The minimum Gasteiger partial charge on any atom is -0.466 e. The van der Waals surface area contributed by atoms with Crippen LogP contribution in [-0.2, 0) is 30.3 Å². The Kier molecular flexibility index (Phi) is 11.3. The summed E-state index contributed by atoms with van der Waals surface area (Å²) in [6, 6.07) is 16.3. The fraction of sp³-hybridized carbons (Fsp3) is 0.474. The molecule has 11 heteroatoms. The van der Waals surface area contributed by atoms with E-state index in [0.717, 1.165) is 6.04 Å². The first-order chi connectivity index (χ1) is 23.2. The van der Waals surface area contributed by atoms with Crippen molar-refractivity contribution in [1.82, 2.24) is 4.90 Å². The lowest BCUT2D eigenvalue weighted by molar-refractivity contribution is -0.155. The zero-order valence-electron chi connectivity index (χ0n) is 29.0. The van der Waals surface area contributed by atoms with Crippen molar-refractivity contribution in [3.8, 4) is 0 Å². The lowest BCUT2D eigenvalue weighted by Crippen LogP contribution is -2.51. The first-order valence-corrected chi connectivity index (χ1v) is 21.4. The Labute approximate surface area is 299 Å². The molecule has 2 aliphatic heterocycles. The summed E-state index contributed by atoms with van der Waals surface area (Å²) < 4.78 is 34.7. The van der Waals surface area contributed by atoms with Gasteiger partial charge in [0, 0.05) is 44.0 Å². The van der Waals surface area contributed by atoms with Gasteiger partial charge in [-0.15, -0.1) is 0 Å². The molecule has 3 aromatic carbocycles. The van der Waals surface area contributed by atoms with E-state index in [-0.39, 0.29) is 23.7 Å². The summed E-state index contributed by atoms with van der Waals surface area (Å²) in [4.78, 5) is 30.3. The smallest absolute Gasteiger partial charge is 0.311 e. The summed E-state index contributed by atoms with van der Waals surface area (Å²) in [6.45, 7) is 11.4. The van der Waals surface area contributed by atoms with Gasteiger partial charge >= 0.3 is 5.97 Å². The summed E-state index contributed by atoms with van der Waals surface area (Å²) >= 11 is 12.6. The van der Waals surface area contributed by atoms with Gasteiger partial charge in [0.25, 0.3) is 5.91 Å². The molecule has 5 rings (SSSR count). The molecule has 0 aromatic heterocycles. The van der Waals surface area contributed by atoms with Crippen molar-refractivity contribution in [1.29, 1.82) is 0 Å². The minimum atomic E-state index is -1.82. The number of hydrogen-bond acceptors (Lipinski definition) is 6. The summed E-state index contributed by atoms with van der Waals surface area (Å²) in [7, 11) is -0.0987. The average molecular weight is 731 g/mol. The van der Waals surface area contributed by atoms with Crippen molar-refractivity contribution in [2.75, 3.05) is 26.9 Å². The molecule has 0 saturated carbocycles. The van der Waals surface area contributed by atoms with Crippen LogP contribution in [0.3, 0.4) is 0 Å². The molecule has 2 heterocycles. The zero-order valence-corrected chi connectivity index (χ0v) is 31.5. The minimum absolute atomic E-state index is 0.00485. The average Bonchev–Trinajstić information content (AvgIpc) is 3.33. The fourth-order valence-corrected chi connectivity index (χ4v) is 8.27. The van der Waals surface area contributed by atoms with Crippen LogP contribution in [-0.4, -0.2) is 56.9 Å². The summed E-state index contributed by atoms with van der Waals surface area (Å²) in [6.07, 6.45) is 1.52. The second-order valence-electron chi connectivity index (χ2n) is 14.3. The summed E-state index contributed by atoms with van der Waals surface area (Å²) in [5.41, 5.74) is -1.84. The Hall–Kier alpha value is -2.79. The third-order valence-electron chi connectivity index (χ3n) is 10.1. The van der Waals surface area contributed by atoms with Crippen LogP contribution in [0.15, 0.2) is 60.7 Å². The van der Waals surface area contributed by atoms with Crippen LogP contribution in [0.4, 0.5) is 4.39 Å². The number of benzene rings is 3. The fourth-order valence-electron chi connectivity index (χ4n) is 7.31. The lowest BCUT2D eigenvalue weighted by Gasteiger charge is -2.44. The molecular weight excluding hydrogens is 684 g/mol. The van der Waals surface area contributed by atoms with Crippen LogP contribution in [0, 0.1) is 17.7 Å². The van der Waals surface area contributed by atoms with E-state index in [9.17, 15) is 9.90 Å². The van der Waals surface area contributed by atoms with E-state index < -0.39 is 49.1 Å². The SMILES string of the molecule is CCC(O)(c1cc(F)c2c(c1)C(=O)N([C@H](c1ccc(Cl)cc1)[C@H](C)C(=O)OCC[Si](C)(C)C)[C@@]2(OC)c1ccc(Cl)cc1)C1CCOCC1. The van der Waals surface area contributed by atoms with Crippen molar-refractivity contribution in [2.24, 2.45) is 11.8 Å².